The Kier molecular flexibility index (Phi) is 2.47. The SMILES string of the molecule is c1nc(-c2nnc(CNC3CC3)s2)cs1. The first-order valence-electron chi connectivity index (χ1n) is 4.86. The van der Waals surface area contributed by atoms with Crippen LogP contribution in [-0.2, 0) is 6.54 Å². The second-order valence-corrected chi connectivity index (χ2v) is 5.31. The molecule has 0 saturated heterocycles. The van der Waals surface area contributed by atoms with Gasteiger partial charge in [-0.15, -0.1) is 21.5 Å². The summed E-state index contributed by atoms with van der Waals surface area (Å²) in [4.78, 5) is 4.21. The lowest BCUT2D eigenvalue weighted by Crippen LogP contribution is -2.14. The lowest BCUT2D eigenvalue weighted by Gasteiger charge is -1.95. The van der Waals surface area contributed by atoms with Gasteiger partial charge in [0, 0.05) is 18.0 Å². The van der Waals surface area contributed by atoms with Crippen LogP contribution in [0.25, 0.3) is 10.7 Å². The van der Waals surface area contributed by atoms with E-state index in [4.69, 9.17) is 0 Å². The summed E-state index contributed by atoms with van der Waals surface area (Å²) in [6.07, 6.45) is 2.61. The molecule has 3 rings (SSSR count). The summed E-state index contributed by atoms with van der Waals surface area (Å²) in [5, 5.41) is 15.7. The molecular weight excluding hydrogens is 228 g/mol. The summed E-state index contributed by atoms with van der Waals surface area (Å²) in [5.41, 5.74) is 2.76. The van der Waals surface area contributed by atoms with Crippen LogP contribution >= 0.6 is 22.7 Å². The van der Waals surface area contributed by atoms with E-state index in [2.05, 4.69) is 20.5 Å². The fourth-order valence-electron chi connectivity index (χ4n) is 1.27. The zero-order chi connectivity index (χ0) is 10.1. The molecule has 0 amide bonds. The molecule has 1 aliphatic rings. The van der Waals surface area contributed by atoms with Crippen molar-refractivity contribution < 1.29 is 0 Å². The molecule has 0 aliphatic heterocycles. The Bertz CT molecular complexity index is 433. The van der Waals surface area contributed by atoms with Crippen LogP contribution in [-0.4, -0.2) is 21.2 Å². The largest absolute Gasteiger partial charge is 0.308 e. The zero-order valence-electron chi connectivity index (χ0n) is 8.01. The molecule has 15 heavy (non-hydrogen) atoms. The smallest absolute Gasteiger partial charge is 0.167 e. The molecule has 1 saturated carbocycles. The van der Waals surface area contributed by atoms with Gasteiger partial charge >= 0.3 is 0 Å². The monoisotopic (exact) mass is 238 g/mol. The molecule has 1 fully saturated rings. The topological polar surface area (TPSA) is 50.7 Å². The number of hydrogen-bond acceptors (Lipinski definition) is 6. The predicted octanol–water partition coefficient (Wildman–Crippen LogP) is 1.91. The number of rotatable bonds is 4. The molecule has 0 spiro atoms. The van der Waals surface area contributed by atoms with Crippen LogP contribution < -0.4 is 5.32 Å². The third-order valence-electron chi connectivity index (χ3n) is 2.24. The summed E-state index contributed by atoms with van der Waals surface area (Å²) >= 11 is 3.20. The summed E-state index contributed by atoms with van der Waals surface area (Å²) in [5.74, 6) is 0. The summed E-state index contributed by atoms with van der Waals surface area (Å²) in [6, 6.07) is 0.719. The van der Waals surface area contributed by atoms with Gasteiger partial charge in [-0.05, 0) is 12.8 Å². The van der Waals surface area contributed by atoms with Crippen molar-refractivity contribution >= 4 is 22.7 Å². The van der Waals surface area contributed by atoms with E-state index in [1.807, 2.05) is 10.9 Å². The van der Waals surface area contributed by atoms with Gasteiger partial charge in [0.2, 0.25) is 0 Å². The third-order valence-corrected chi connectivity index (χ3v) is 3.77. The molecule has 6 heteroatoms. The number of hydrogen-bond donors (Lipinski definition) is 1. The maximum Gasteiger partial charge on any atom is 0.167 e. The Morgan fingerprint density at radius 3 is 3.07 bits per heavy atom. The third kappa shape index (κ3) is 2.22. The van der Waals surface area contributed by atoms with Crippen molar-refractivity contribution in [1.29, 1.82) is 0 Å². The fraction of sp³-hybridized carbons (Fsp3) is 0.444. The second kappa shape index (κ2) is 3.96. The Morgan fingerprint density at radius 2 is 2.33 bits per heavy atom. The van der Waals surface area contributed by atoms with E-state index in [1.54, 1.807) is 22.7 Å². The zero-order valence-corrected chi connectivity index (χ0v) is 9.64. The normalized spacial score (nSPS) is 15.7. The first kappa shape index (κ1) is 9.38. The highest BCUT2D eigenvalue weighted by atomic mass is 32.1. The van der Waals surface area contributed by atoms with Crippen LogP contribution in [0.15, 0.2) is 10.9 Å². The minimum absolute atomic E-state index is 0.719. The molecule has 0 radical (unpaired) electrons. The van der Waals surface area contributed by atoms with Crippen molar-refractivity contribution in [3.63, 3.8) is 0 Å². The Balaban J connectivity index is 1.69. The van der Waals surface area contributed by atoms with Gasteiger partial charge in [0.25, 0.3) is 0 Å². The molecule has 0 aromatic carbocycles. The molecular formula is C9H10N4S2. The first-order chi connectivity index (χ1) is 7.42. The van der Waals surface area contributed by atoms with Crippen LogP contribution in [0, 0.1) is 0 Å². The molecule has 2 aromatic heterocycles. The van der Waals surface area contributed by atoms with Crippen LogP contribution in [0.3, 0.4) is 0 Å². The van der Waals surface area contributed by atoms with Gasteiger partial charge in [-0.2, -0.15) is 0 Å². The number of thiazole rings is 1. The van der Waals surface area contributed by atoms with E-state index in [1.165, 1.54) is 12.8 Å². The van der Waals surface area contributed by atoms with Gasteiger partial charge < -0.3 is 5.32 Å². The van der Waals surface area contributed by atoms with E-state index in [9.17, 15) is 0 Å². The average molecular weight is 238 g/mol. The van der Waals surface area contributed by atoms with Gasteiger partial charge in [0.15, 0.2) is 5.01 Å². The van der Waals surface area contributed by atoms with Gasteiger partial charge in [-0.1, -0.05) is 11.3 Å². The lowest BCUT2D eigenvalue weighted by molar-refractivity contribution is 0.679. The van der Waals surface area contributed by atoms with Gasteiger partial charge in [-0.25, -0.2) is 4.98 Å². The molecule has 1 N–H and O–H groups in total. The van der Waals surface area contributed by atoms with Crippen molar-refractivity contribution in [3.05, 3.63) is 15.9 Å². The lowest BCUT2D eigenvalue weighted by atomic mass is 10.5. The van der Waals surface area contributed by atoms with Gasteiger partial charge in [0.1, 0.15) is 10.7 Å². The maximum atomic E-state index is 4.21. The van der Waals surface area contributed by atoms with Crippen LogP contribution in [0.2, 0.25) is 0 Å². The molecule has 0 atom stereocenters. The molecule has 1 aliphatic carbocycles. The Hall–Kier alpha value is -0.850. The van der Waals surface area contributed by atoms with Crippen molar-refractivity contribution in [2.24, 2.45) is 0 Å². The molecule has 78 valence electrons. The standard InChI is InChI=1S/C9H10N4S2/c1-2-6(1)10-3-8-12-13-9(15-8)7-4-14-5-11-7/h4-6,10H,1-3H2. The van der Waals surface area contributed by atoms with Crippen molar-refractivity contribution in [1.82, 2.24) is 20.5 Å². The van der Waals surface area contributed by atoms with Crippen LogP contribution in [0.4, 0.5) is 0 Å². The number of nitrogens with zero attached hydrogens (tertiary/aromatic N) is 3. The summed E-state index contributed by atoms with van der Waals surface area (Å²) in [6.45, 7) is 0.840. The highest BCUT2D eigenvalue weighted by Gasteiger charge is 2.20. The minimum atomic E-state index is 0.719. The minimum Gasteiger partial charge on any atom is -0.308 e. The van der Waals surface area contributed by atoms with E-state index < -0.39 is 0 Å². The fourth-order valence-corrected chi connectivity index (χ4v) is 2.64. The van der Waals surface area contributed by atoms with Crippen molar-refractivity contribution in [2.75, 3.05) is 0 Å². The van der Waals surface area contributed by atoms with Crippen LogP contribution in [0.5, 0.6) is 0 Å². The Labute approximate surface area is 95.4 Å². The van der Waals surface area contributed by atoms with E-state index >= 15 is 0 Å². The maximum absolute atomic E-state index is 4.21. The van der Waals surface area contributed by atoms with E-state index in [-0.39, 0.29) is 0 Å². The molecule has 4 nitrogen and oxygen atoms in total. The quantitative estimate of drug-likeness (QED) is 0.884. The van der Waals surface area contributed by atoms with Gasteiger partial charge in [0.05, 0.1) is 5.51 Å². The van der Waals surface area contributed by atoms with Crippen molar-refractivity contribution in [2.45, 2.75) is 25.4 Å². The molecule has 2 heterocycles. The average Bonchev–Trinajstić information content (AvgIpc) is 2.78. The predicted molar refractivity (Wildman–Crippen MR) is 60.9 cm³/mol. The van der Waals surface area contributed by atoms with E-state index in [0.29, 0.717) is 0 Å². The number of nitrogens with one attached hydrogen (secondary N) is 1. The van der Waals surface area contributed by atoms with Gasteiger partial charge in [-0.3, -0.25) is 0 Å². The molecule has 0 bridgehead atoms. The van der Waals surface area contributed by atoms with Crippen molar-refractivity contribution in [3.8, 4) is 10.7 Å². The Morgan fingerprint density at radius 1 is 1.40 bits per heavy atom. The number of aromatic nitrogens is 3. The van der Waals surface area contributed by atoms with E-state index in [0.717, 1.165) is 28.3 Å². The summed E-state index contributed by atoms with van der Waals surface area (Å²) < 4.78 is 0. The highest BCUT2D eigenvalue weighted by molar-refractivity contribution is 7.15. The molecule has 2 aromatic rings. The van der Waals surface area contributed by atoms with Crippen LogP contribution in [0.1, 0.15) is 17.8 Å². The molecule has 0 unspecified atom stereocenters. The highest BCUT2D eigenvalue weighted by Crippen LogP contribution is 2.24. The first-order valence-corrected chi connectivity index (χ1v) is 6.62. The second-order valence-electron chi connectivity index (χ2n) is 3.53. The summed E-state index contributed by atoms with van der Waals surface area (Å²) in [7, 11) is 0.